The highest BCUT2D eigenvalue weighted by atomic mass is 32.1. The Labute approximate surface area is 123 Å². The number of hydrogen-bond donors (Lipinski definition) is 1. The number of fused-ring (bicyclic) bond motifs is 1. The van der Waals surface area contributed by atoms with Crippen LogP contribution in [0.15, 0.2) is 60.7 Å². The Balaban J connectivity index is 1.60. The molecule has 0 aliphatic carbocycles. The van der Waals surface area contributed by atoms with Gasteiger partial charge in [-0.1, -0.05) is 48.5 Å². The van der Waals surface area contributed by atoms with Gasteiger partial charge in [0.15, 0.2) is 0 Å². The van der Waals surface area contributed by atoms with Gasteiger partial charge in [-0.15, -0.1) is 11.3 Å². The molecule has 0 saturated heterocycles. The van der Waals surface area contributed by atoms with Crippen molar-refractivity contribution in [3.05, 3.63) is 71.1 Å². The van der Waals surface area contributed by atoms with Crippen molar-refractivity contribution >= 4 is 21.4 Å². The second-order valence-electron chi connectivity index (χ2n) is 4.80. The van der Waals surface area contributed by atoms with Crippen molar-refractivity contribution < 1.29 is 4.84 Å². The van der Waals surface area contributed by atoms with Crippen LogP contribution in [-0.4, -0.2) is 0 Å². The molecule has 1 atom stereocenters. The molecular weight excluding hydrogens is 266 g/mol. The standard InChI is InChI=1S/C17H17NOS/c1-13(18-19-12-14-7-3-2-4-8-14)17-11-15-9-5-6-10-16(15)20-17/h2-11,13,18H,12H2,1H3/t13-/m1/s1. The lowest BCUT2D eigenvalue weighted by Gasteiger charge is -2.12. The average Bonchev–Trinajstić information content (AvgIpc) is 2.92. The van der Waals surface area contributed by atoms with E-state index in [1.807, 2.05) is 29.5 Å². The monoisotopic (exact) mass is 283 g/mol. The summed E-state index contributed by atoms with van der Waals surface area (Å²) >= 11 is 1.81. The first kappa shape index (κ1) is 13.3. The van der Waals surface area contributed by atoms with Crippen LogP contribution in [-0.2, 0) is 11.4 Å². The SMILES string of the molecule is C[C@@H](NOCc1ccccc1)c1cc2ccccc2s1. The normalized spacial score (nSPS) is 12.7. The Bertz CT molecular complexity index is 645. The predicted molar refractivity (Wildman–Crippen MR) is 84.6 cm³/mol. The molecule has 0 spiro atoms. The predicted octanol–water partition coefficient (Wildman–Crippen LogP) is 4.68. The Hall–Kier alpha value is -1.68. The second kappa shape index (κ2) is 6.18. The highest BCUT2D eigenvalue weighted by Gasteiger charge is 2.09. The van der Waals surface area contributed by atoms with Gasteiger partial charge in [0, 0.05) is 9.58 Å². The van der Waals surface area contributed by atoms with Gasteiger partial charge in [-0.2, -0.15) is 5.48 Å². The summed E-state index contributed by atoms with van der Waals surface area (Å²) in [7, 11) is 0. The molecule has 0 amide bonds. The molecule has 0 radical (unpaired) electrons. The molecule has 0 aliphatic heterocycles. The first-order chi connectivity index (χ1) is 9.83. The minimum absolute atomic E-state index is 0.191. The second-order valence-corrected chi connectivity index (χ2v) is 5.92. The largest absolute Gasteiger partial charge is 0.296 e. The van der Waals surface area contributed by atoms with E-state index in [1.165, 1.54) is 20.5 Å². The quantitative estimate of drug-likeness (QED) is 0.686. The lowest BCUT2D eigenvalue weighted by molar-refractivity contribution is 0.00772. The van der Waals surface area contributed by atoms with Gasteiger partial charge in [-0.25, -0.2) is 0 Å². The lowest BCUT2D eigenvalue weighted by atomic mass is 10.2. The zero-order valence-corrected chi connectivity index (χ0v) is 12.2. The van der Waals surface area contributed by atoms with Crippen LogP contribution in [0.2, 0.25) is 0 Å². The molecule has 3 aromatic rings. The zero-order chi connectivity index (χ0) is 13.8. The van der Waals surface area contributed by atoms with Gasteiger partial charge in [0.2, 0.25) is 0 Å². The van der Waals surface area contributed by atoms with E-state index in [1.54, 1.807) is 0 Å². The third-order valence-corrected chi connectivity index (χ3v) is 4.51. The average molecular weight is 283 g/mol. The van der Waals surface area contributed by atoms with Crippen LogP contribution in [0.4, 0.5) is 0 Å². The van der Waals surface area contributed by atoms with E-state index < -0.39 is 0 Å². The van der Waals surface area contributed by atoms with Gasteiger partial charge in [0.25, 0.3) is 0 Å². The number of nitrogens with one attached hydrogen (secondary N) is 1. The van der Waals surface area contributed by atoms with Crippen molar-refractivity contribution in [2.75, 3.05) is 0 Å². The summed E-state index contributed by atoms with van der Waals surface area (Å²) in [5.41, 5.74) is 4.29. The molecule has 1 aromatic heterocycles. The molecule has 2 aromatic carbocycles. The molecule has 0 aliphatic rings. The number of hydroxylamine groups is 1. The van der Waals surface area contributed by atoms with Crippen LogP contribution in [0.3, 0.4) is 0 Å². The van der Waals surface area contributed by atoms with Gasteiger partial charge >= 0.3 is 0 Å². The van der Waals surface area contributed by atoms with Crippen molar-refractivity contribution in [2.24, 2.45) is 0 Å². The van der Waals surface area contributed by atoms with Crippen LogP contribution < -0.4 is 5.48 Å². The summed E-state index contributed by atoms with van der Waals surface area (Å²) in [6.07, 6.45) is 0. The van der Waals surface area contributed by atoms with Gasteiger partial charge in [0.05, 0.1) is 12.6 Å². The third kappa shape index (κ3) is 3.07. The van der Waals surface area contributed by atoms with E-state index >= 15 is 0 Å². The fourth-order valence-electron chi connectivity index (χ4n) is 2.10. The lowest BCUT2D eigenvalue weighted by Crippen LogP contribution is -2.18. The van der Waals surface area contributed by atoms with Crippen LogP contribution >= 0.6 is 11.3 Å². The number of benzene rings is 2. The highest BCUT2D eigenvalue weighted by molar-refractivity contribution is 7.19. The Morgan fingerprint density at radius 2 is 1.80 bits per heavy atom. The summed E-state index contributed by atoms with van der Waals surface area (Å²) in [5.74, 6) is 0. The van der Waals surface area contributed by atoms with E-state index in [4.69, 9.17) is 4.84 Å². The maximum atomic E-state index is 5.59. The first-order valence-corrected chi connectivity index (χ1v) is 7.54. The maximum absolute atomic E-state index is 5.59. The van der Waals surface area contributed by atoms with E-state index in [9.17, 15) is 0 Å². The van der Waals surface area contributed by atoms with Crippen molar-refractivity contribution in [1.82, 2.24) is 5.48 Å². The number of hydrogen-bond acceptors (Lipinski definition) is 3. The number of rotatable bonds is 5. The van der Waals surface area contributed by atoms with Crippen LogP contribution in [0.25, 0.3) is 10.1 Å². The molecule has 3 rings (SSSR count). The van der Waals surface area contributed by atoms with E-state index in [0.717, 1.165) is 0 Å². The molecule has 1 heterocycles. The molecule has 2 nitrogen and oxygen atoms in total. The highest BCUT2D eigenvalue weighted by Crippen LogP contribution is 2.29. The third-order valence-electron chi connectivity index (χ3n) is 3.21. The fraction of sp³-hybridized carbons (Fsp3) is 0.176. The molecule has 102 valence electrons. The summed E-state index contributed by atoms with van der Waals surface area (Å²) in [4.78, 5) is 6.88. The van der Waals surface area contributed by atoms with Crippen LogP contribution in [0.5, 0.6) is 0 Å². The minimum Gasteiger partial charge on any atom is -0.296 e. The Kier molecular flexibility index (Phi) is 4.11. The molecule has 0 saturated carbocycles. The van der Waals surface area contributed by atoms with Crippen LogP contribution in [0, 0.1) is 0 Å². The van der Waals surface area contributed by atoms with Gasteiger partial charge < -0.3 is 0 Å². The topological polar surface area (TPSA) is 21.3 Å². The molecular formula is C17H17NOS. The molecule has 0 unspecified atom stereocenters. The fourth-order valence-corrected chi connectivity index (χ4v) is 3.15. The maximum Gasteiger partial charge on any atom is 0.0933 e. The molecule has 0 fully saturated rings. The summed E-state index contributed by atoms with van der Waals surface area (Å²) in [6, 6.07) is 21.0. The van der Waals surface area contributed by atoms with Gasteiger partial charge in [0.1, 0.15) is 0 Å². The van der Waals surface area contributed by atoms with Crippen molar-refractivity contribution in [3.8, 4) is 0 Å². The van der Waals surface area contributed by atoms with Crippen molar-refractivity contribution in [2.45, 2.75) is 19.6 Å². The molecule has 0 bridgehead atoms. The van der Waals surface area contributed by atoms with E-state index in [2.05, 4.69) is 54.9 Å². The molecule has 20 heavy (non-hydrogen) atoms. The Morgan fingerprint density at radius 1 is 1.05 bits per heavy atom. The van der Waals surface area contributed by atoms with Gasteiger partial charge in [-0.3, -0.25) is 4.84 Å². The smallest absolute Gasteiger partial charge is 0.0933 e. The van der Waals surface area contributed by atoms with Crippen molar-refractivity contribution in [3.63, 3.8) is 0 Å². The van der Waals surface area contributed by atoms with Crippen molar-refractivity contribution in [1.29, 1.82) is 0 Å². The van der Waals surface area contributed by atoms with Gasteiger partial charge in [-0.05, 0) is 30.0 Å². The van der Waals surface area contributed by atoms with Crippen LogP contribution in [0.1, 0.15) is 23.4 Å². The summed E-state index contributed by atoms with van der Waals surface area (Å²) in [6.45, 7) is 2.70. The molecule has 1 N–H and O–H groups in total. The zero-order valence-electron chi connectivity index (χ0n) is 11.4. The summed E-state index contributed by atoms with van der Waals surface area (Å²) < 4.78 is 1.32. The van der Waals surface area contributed by atoms with E-state index in [-0.39, 0.29) is 6.04 Å². The molecule has 3 heteroatoms. The first-order valence-electron chi connectivity index (χ1n) is 6.72. The minimum atomic E-state index is 0.191. The Morgan fingerprint density at radius 3 is 2.60 bits per heavy atom. The number of thiophene rings is 1. The van der Waals surface area contributed by atoms with E-state index in [0.29, 0.717) is 6.61 Å². The summed E-state index contributed by atoms with van der Waals surface area (Å²) in [5, 5.41) is 1.30.